The summed E-state index contributed by atoms with van der Waals surface area (Å²) < 4.78 is 41.9. The zero-order valence-electron chi connectivity index (χ0n) is 15.4. The topological polar surface area (TPSA) is 116 Å². The van der Waals surface area contributed by atoms with Gasteiger partial charge in [-0.25, -0.2) is 9.67 Å². The summed E-state index contributed by atoms with van der Waals surface area (Å²) in [6.45, 7) is 0. The number of fused-ring (bicyclic) bond motifs is 1. The summed E-state index contributed by atoms with van der Waals surface area (Å²) in [7, 11) is 0. The minimum absolute atomic E-state index is 0.0435. The Balaban J connectivity index is 1.46. The van der Waals surface area contributed by atoms with Crippen LogP contribution in [0, 0.1) is 0 Å². The van der Waals surface area contributed by atoms with Gasteiger partial charge in [0.1, 0.15) is 22.8 Å². The highest BCUT2D eigenvalue weighted by molar-refractivity contribution is 5.96. The maximum absolute atomic E-state index is 13.0. The SMILES string of the molecule is NC(=O)c1cnn(C2CCC(Nc3cccc4nc(C(F)(F)F)cn34)CC2)c1N. The molecular weight excluding hydrogens is 387 g/mol. The smallest absolute Gasteiger partial charge is 0.383 e. The van der Waals surface area contributed by atoms with Crippen LogP contribution in [0.3, 0.4) is 0 Å². The molecule has 4 rings (SSSR count). The van der Waals surface area contributed by atoms with E-state index in [1.807, 2.05) is 0 Å². The van der Waals surface area contributed by atoms with Crippen molar-refractivity contribution in [2.24, 2.45) is 5.73 Å². The number of pyridine rings is 1. The standard InChI is InChI=1S/C18H20F3N7O/c19-18(20,21)13-9-27-14(2-1-3-15(27)26-13)25-10-4-6-11(7-5-10)28-16(22)12(8-24-28)17(23)29/h1-3,8-11,25H,4-7,22H2,(H2,23,29). The summed E-state index contributed by atoms with van der Waals surface area (Å²) in [5, 5.41) is 7.51. The number of aromatic nitrogens is 4. The molecule has 0 atom stereocenters. The van der Waals surface area contributed by atoms with Crippen molar-refractivity contribution in [3.05, 3.63) is 41.9 Å². The lowest BCUT2D eigenvalue weighted by Gasteiger charge is -2.30. The van der Waals surface area contributed by atoms with Crippen LogP contribution in [-0.2, 0) is 6.18 Å². The highest BCUT2D eigenvalue weighted by atomic mass is 19.4. The van der Waals surface area contributed by atoms with Crippen molar-refractivity contribution >= 4 is 23.2 Å². The molecule has 5 N–H and O–H groups in total. The molecule has 0 unspecified atom stereocenters. The fourth-order valence-corrected chi connectivity index (χ4v) is 3.79. The average Bonchev–Trinajstić information content (AvgIpc) is 3.27. The first-order chi connectivity index (χ1) is 13.7. The second kappa shape index (κ2) is 6.98. The number of carbonyl (C=O) groups excluding carboxylic acids is 1. The number of amides is 1. The molecular formula is C18H20F3N7O. The van der Waals surface area contributed by atoms with Gasteiger partial charge in [-0.15, -0.1) is 0 Å². The molecule has 0 saturated heterocycles. The molecule has 0 bridgehead atoms. The lowest BCUT2D eigenvalue weighted by atomic mass is 9.91. The summed E-state index contributed by atoms with van der Waals surface area (Å²) in [4.78, 5) is 15.0. The van der Waals surface area contributed by atoms with Crippen molar-refractivity contribution in [1.82, 2.24) is 19.2 Å². The van der Waals surface area contributed by atoms with E-state index in [2.05, 4.69) is 15.4 Å². The fourth-order valence-electron chi connectivity index (χ4n) is 3.79. The second-order valence-electron chi connectivity index (χ2n) is 7.17. The Bertz CT molecular complexity index is 1050. The molecule has 29 heavy (non-hydrogen) atoms. The molecule has 1 fully saturated rings. The Morgan fingerprint density at radius 3 is 2.55 bits per heavy atom. The van der Waals surface area contributed by atoms with Crippen LogP contribution in [0.2, 0.25) is 0 Å². The number of anilines is 2. The maximum atomic E-state index is 13.0. The molecule has 0 aromatic carbocycles. The molecule has 3 aromatic rings. The summed E-state index contributed by atoms with van der Waals surface area (Å²) in [5.74, 6) is 0.205. The third kappa shape index (κ3) is 3.59. The molecule has 1 saturated carbocycles. The van der Waals surface area contributed by atoms with Crippen molar-refractivity contribution < 1.29 is 18.0 Å². The molecule has 0 radical (unpaired) electrons. The summed E-state index contributed by atoms with van der Waals surface area (Å²) in [6, 6.07) is 5.06. The average molecular weight is 407 g/mol. The highest BCUT2D eigenvalue weighted by Gasteiger charge is 2.34. The van der Waals surface area contributed by atoms with Gasteiger partial charge in [-0.3, -0.25) is 9.20 Å². The van der Waals surface area contributed by atoms with E-state index < -0.39 is 17.8 Å². The number of nitrogens with two attached hydrogens (primary N) is 2. The van der Waals surface area contributed by atoms with Gasteiger partial charge in [-0.2, -0.15) is 18.3 Å². The lowest BCUT2D eigenvalue weighted by molar-refractivity contribution is -0.140. The number of carbonyl (C=O) groups is 1. The quantitative estimate of drug-likeness (QED) is 0.615. The van der Waals surface area contributed by atoms with Crippen molar-refractivity contribution in [1.29, 1.82) is 0 Å². The van der Waals surface area contributed by atoms with Crippen LogP contribution in [0.15, 0.2) is 30.6 Å². The van der Waals surface area contributed by atoms with Crippen LogP contribution in [0.1, 0.15) is 47.8 Å². The Morgan fingerprint density at radius 1 is 1.21 bits per heavy atom. The van der Waals surface area contributed by atoms with Gasteiger partial charge in [-0.1, -0.05) is 6.07 Å². The molecule has 0 spiro atoms. The van der Waals surface area contributed by atoms with Gasteiger partial charge in [0.2, 0.25) is 0 Å². The van der Waals surface area contributed by atoms with Gasteiger partial charge in [0, 0.05) is 12.2 Å². The van der Waals surface area contributed by atoms with Gasteiger partial charge in [0.05, 0.1) is 12.2 Å². The first-order valence-corrected chi connectivity index (χ1v) is 9.18. The van der Waals surface area contributed by atoms with Gasteiger partial charge in [0.15, 0.2) is 5.69 Å². The first kappa shape index (κ1) is 19.1. The zero-order valence-corrected chi connectivity index (χ0v) is 15.4. The number of hydrogen-bond acceptors (Lipinski definition) is 5. The van der Waals surface area contributed by atoms with Gasteiger partial charge >= 0.3 is 6.18 Å². The van der Waals surface area contributed by atoms with E-state index in [1.165, 1.54) is 16.7 Å². The highest BCUT2D eigenvalue weighted by Crippen LogP contribution is 2.33. The Labute approximate surface area is 163 Å². The van der Waals surface area contributed by atoms with E-state index in [4.69, 9.17) is 11.5 Å². The molecule has 1 aliphatic rings. The molecule has 3 heterocycles. The summed E-state index contributed by atoms with van der Waals surface area (Å²) in [6.07, 6.45) is 0.943. The Kier molecular flexibility index (Phi) is 4.59. The van der Waals surface area contributed by atoms with Gasteiger partial charge in [0.25, 0.3) is 5.91 Å². The largest absolute Gasteiger partial charge is 0.434 e. The van der Waals surface area contributed by atoms with Crippen molar-refractivity contribution in [2.75, 3.05) is 11.1 Å². The van der Waals surface area contributed by atoms with E-state index >= 15 is 0 Å². The summed E-state index contributed by atoms with van der Waals surface area (Å²) >= 11 is 0. The van der Waals surface area contributed by atoms with Crippen LogP contribution < -0.4 is 16.8 Å². The zero-order chi connectivity index (χ0) is 20.8. The van der Waals surface area contributed by atoms with Gasteiger partial charge < -0.3 is 16.8 Å². The molecule has 1 aliphatic carbocycles. The normalized spacial score (nSPS) is 20.1. The molecule has 154 valence electrons. The monoisotopic (exact) mass is 407 g/mol. The van der Waals surface area contributed by atoms with Crippen molar-refractivity contribution in [3.8, 4) is 0 Å². The van der Waals surface area contributed by atoms with Crippen molar-refractivity contribution in [3.63, 3.8) is 0 Å². The number of rotatable bonds is 4. The number of alkyl halides is 3. The third-order valence-electron chi connectivity index (χ3n) is 5.28. The van der Waals surface area contributed by atoms with Gasteiger partial charge in [-0.05, 0) is 37.8 Å². The fraction of sp³-hybridized carbons (Fsp3) is 0.389. The third-order valence-corrected chi connectivity index (χ3v) is 5.28. The Hall–Kier alpha value is -3.24. The van der Waals surface area contributed by atoms with E-state index in [0.717, 1.165) is 31.9 Å². The van der Waals surface area contributed by atoms with Crippen LogP contribution >= 0.6 is 0 Å². The van der Waals surface area contributed by atoms with Crippen LogP contribution in [0.4, 0.5) is 24.8 Å². The maximum Gasteiger partial charge on any atom is 0.434 e. The molecule has 1 amide bonds. The van der Waals surface area contributed by atoms with E-state index in [0.29, 0.717) is 5.82 Å². The minimum Gasteiger partial charge on any atom is -0.383 e. The van der Waals surface area contributed by atoms with Crippen LogP contribution in [-0.4, -0.2) is 31.1 Å². The first-order valence-electron chi connectivity index (χ1n) is 9.18. The predicted molar refractivity (Wildman–Crippen MR) is 100 cm³/mol. The number of nitrogen functional groups attached to an aromatic ring is 1. The number of primary amides is 1. The number of imidazole rings is 1. The number of nitrogens with one attached hydrogen (secondary N) is 1. The number of halogens is 3. The lowest BCUT2D eigenvalue weighted by Crippen LogP contribution is -2.29. The van der Waals surface area contributed by atoms with E-state index in [-0.39, 0.29) is 29.1 Å². The summed E-state index contributed by atoms with van der Waals surface area (Å²) in [5.41, 5.74) is 10.8. The Morgan fingerprint density at radius 2 is 1.93 bits per heavy atom. The second-order valence-corrected chi connectivity index (χ2v) is 7.17. The van der Waals surface area contributed by atoms with E-state index in [1.54, 1.807) is 16.8 Å². The number of hydrogen-bond donors (Lipinski definition) is 3. The van der Waals surface area contributed by atoms with E-state index in [9.17, 15) is 18.0 Å². The molecule has 0 aliphatic heterocycles. The van der Waals surface area contributed by atoms with Crippen molar-refractivity contribution in [2.45, 2.75) is 43.9 Å². The molecule has 11 heteroatoms. The predicted octanol–water partition coefficient (Wildman–Crippen LogP) is 2.83. The minimum atomic E-state index is -4.49. The number of nitrogens with zero attached hydrogens (tertiary/aromatic N) is 4. The molecule has 8 nitrogen and oxygen atoms in total. The molecule has 3 aromatic heterocycles. The van der Waals surface area contributed by atoms with Crippen LogP contribution in [0.5, 0.6) is 0 Å². The van der Waals surface area contributed by atoms with Crippen LogP contribution in [0.25, 0.3) is 5.65 Å².